The van der Waals surface area contributed by atoms with Gasteiger partial charge in [-0.2, -0.15) is 0 Å². The highest BCUT2D eigenvalue weighted by Crippen LogP contribution is 2.23. The minimum atomic E-state index is 0.761. The highest BCUT2D eigenvalue weighted by atomic mass is 33.1. The molecule has 2 rings (SSSR count). The summed E-state index contributed by atoms with van der Waals surface area (Å²) in [5.41, 5.74) is 6.55. The van der Waals surface area contributed by atoms with Gasteiger partial charge in [-0.15, -0.1) is 0 Å². The number of likely N-dealkylation sites (N-methyl/N-ethyl adjacent to an activating group) is 2. The van der Waals surface area contributed by atoms with Crippen LogP contribution in [-0.4, -0.2) is 94.9 Å². The highest BCUT2D eigenvalue weighted by molar-refractivity contribution is 8.89. The van der Waals surface area contributed by atoms with Crippen molar-refractivity contribution in [2.75, 3.05) is 66.5 Å². The third-order valence-corrected chi connectivity index (χ3v) is 6.83. The van der Waals surface area contributed by atoms with E-state index in [2.05, 4.69) is 44.8 Å². The van der Waals surface area contributed by atoms with Crippen LogP contribution in [0.25, 0.3) is 0 Å². The van der Waals surface area contributed by atoms with Crippen LogP contribution in [0.2, 0.25) is 0 Å². The molecule has 0 aromatic heterocycles. The lowest BCUT2D eigenvalue weighted by Gasteiger charge is -2.33. The Bertz CT molecular complexity index is 344. The molecule has 10 heteroatoms. The molecule has 0 aromatic carbocycles. The Hall–Kier alpha value is 0.320. The Labute approximate surface area is 151 Å². The molecule has 0 spiro atoms. The first kappa shape index (κ1) is 18.7. The molecule has 2 fully saturated rings. The summed E-state index contributed by atoms with van der Waals surface area (Å²) in [6, 6.07) is 0. The first-order valence-electron chi connectivity index (χ1n) is 7.35. The van der Waals surface area contributed by atoms with Crippen LogP contribution in [-0.2, 0) is 0 Å². The van der Waals surface area contributed by atoms with Crippen molar-refractivity contribution in [3.05, 3.63) is 0 Å². The molecule has 22 heavy (non-hydrogen) atoms. The molecule has 2 N–H and O–H groups in total. The maximum absolute atomic E-state index is 5.37. The molecule has 0 aliphatic carbocycles. The third-order valence-electron chi connectivity index (χ3n) is 3.70. The van der Waals surface area contributed by atoms with Crippen molar-refractivity contribution in [1.82, 2.24) is 30.7 Å². The summed E-state index contributed by atoms with van der Waals surface area (Å²) < 4.78 is 1.52. The Kier molecular flexibility index (Phi) is 8.12. The summed E-state index contributed by atoms with van der Waals surface area (Å²) in [6.45, 7) is 8.23. The van der Waals surface area contributed by atoms with Crippen LogP contribution < -0.4 is 10.9 Å². The van der Waals surface area contributed by atoms with E-state index in [4.69, 9.17) is 24.4 Å². The van der Waals surface area contributed by atoms with Crippen molar-refractivity contribution in [3.8, 4) is 0 Å². The average Bonchev–Trinajstić information content (AvgIpc) is 2.50. The molecule has 6 nitrogen and oxygen atoms in total. The molecule has 0 radical (unpaired) electrons. The fraction of sp³-hybridized carbons (Fsp3) is 0.833. The smallest absolute Gasteiger partial charge is 0.159 e. The summed E-state index contributed by atoms with van der Waals surface area (Å²) in [4.78, 5) is 4.64. The molecule has 2 saturated heterocycles. The van der Waals surface area contributed by atoms with Gasteiger partial charge in [0.1, 0.15) is 0 Å². The lowest BCUT2D eigenvalue weighted by atomic mass is 10.4. The number of nitrogens with one attached hydrogen (secondary N) is 2. The van der Waals surface area contributed by atoms with E-state index in [0.29, 0.717) is 0 Å². The third kappa shape index (κ3) is 6.83. The average molecular weight is 381 g/mol. The number of piperazine rings is 2. The molecule has 0 atom stereocenters. The van der Waals surface area contributed by atoms with Gasteiger partial charge >= 0.3 is 0 Å². The van der Waals surface area contributed by atoms with Crippen molar-refractivity contribution in [1.29, 1.82) is 0 Å². The van der Waals surface area contributed by atoms with E-state index in [1.54, 1.807) is 0 Å². The first-order chi connectivity index (χ1) is 10.5. The first-order valence-corrected chi connectivity index (χ1v) is 10.3. The monoisotopic (exact) mass is 380 g/mol. The van der Waals surface area contributed by atoms with Crippen molar-refractivity contribution in [2.45, 2.75) is 0 Å². The summed E-state index contributed by atoms with van der Waals surface area (Å²) in [7, 11) is 7.30. The Morgan fingerprint density at radius 1 is 0.682 bits per heavy atom. The van der Waals surface area contributed by atoms with Crippen LogP contribution >= 0.6 is 46.0 Å². The van der Waals surface area contributed by atoms with Crippen molar-refractivity contribution >= 4 is 54.7 Å². The van der Waals surface area contributed by atoms with E-state index >= 15 is 0 Å². The van der Waals surface area contributed by atoms with Gasteiger partial charge in [-0.25, -0.2) is 10.0 Å². The van der Waals surface area contributed by atoms with Crippen molar-refractivity contribution < 1.29 is 0 Å². The molecular formula is C12H24N6S4. The van der Waals surface area contributed by atoms with Gasteiger partial charge in [-0.3, -0.25) is 0 Å². The van der Waals surface area contributed by atoms with E-state index in [0.717, 1.165) is 61.0 Å². The fourth-order valence-electron chi connectivity index (χ4n) is 2.21. The normalized spacial score (nSPS) is 22.5. The van der Waals surface area contributed by atoms with E-state index in [1.165, 1.54) is 21.6 Å². The SMILES string of the molecule is CN1CCN(NC(=S)SSC(=S)NN2CCN(C)CC2)CC1. The second kappa shape index (κ2) is 9.58. The largest absolute Gasteiger partial charge is 0.304 e. The minimum Gasteiger partial charge on any atom is -0.304 e. The topological polar surface area (TPSA) is 37.0 Å². The molecule has 2 aliphatic heterocycles. The Balaban J connectivity index is 1.58. The molecule has 0 unspecified atom stereocenters. The van der Waals surface area contributed by atoms with E-state index < -0.39 is 0 Å². The van der Waals surface area contributed by atoms with Crippen molar-refractivity contribution in [2.24, 2.45) is 0 Å². The maximum Gasteiger partial charge on any atom is 0.159 e. The number of rotatable bonds is 2. The maximum atomic E-state index is 5.37. The zero-order chi connectivity index (χ0) is 15.9. The van der Waals surface area contributed by atoms with Crippen LogP contribution in [0.4, 0.5) is 0 Å². The number of hydrogen-bond acceptors (Lipinski definition) is 8. The molecule has 0 saturated carbocycles. The van der Waals surface area contributed by atoms with E-state index in [9.17, 15) is 0 Å². The summed E-state index contributed by atoms with van der Waals surface area (Å²) in [5.74, 6) is 0. The van der Waals surface area contributed by atoms with Gasteiger partial charge in [0.2, 0.25) is 0 Å². The quantitative estimate of drug-likeness (QED) is 0.521. The summed E-state index contributed by atoms with van der Waals surface area (Å²) >= 11 is 10.7. The molecule has 0 aromatic rings. The van der Waals surface area contributed by atoms with Gasteiger partial charge in [0.15, 0.2) is 8.64 Å². The lowest BCUT2D eigenvalue weighted by Crippen LogP contribution is -2.52. The van der Waals surface area contributed by atoms with Gasteiger partial charge in [0.25, 0.3) is 0 Å². The van der Waals surface area contributed by atoms with Gasteiger partial charge in [0.05, 0.1) is 0 Å². The van der Waals surface area contributed by atoms with E-state index in [-0.39, 0.29) is 0 Å². The van der Waals surface area contributed by atoms with Crippen LogP contribution in [0.3, 0.4) is 0 Å². The second-order valence-electron chi connectivity index (χ2n) is 5.55. The standard InChI is InChI=1S/C12H24N6S4/c1-15-3-7-17(8-4-15)13-11(19)21-22-12(20)14-18-9-5-16(2)6-10-18/h3-10H2,1-2H3,(H,13,19)(H,14,20). The zero-order valence-electron chi connectivity index (χ0n) is 13.1. The van der Waals surface area contributed by atoms with Gasteiger partial charge in [-0.1, -0.05) is 24.4 Å². The summed E-state index contributed by atoms with van der Waals surface area (Å²) in [6.07, 6.45) is 0. The number of thiocarbonyl (C=S) groups is 2. The predicted molar refractivity (Wildman–Crippen MR) is 105 cm³/mol. The molecule has 2 aliphatic rings. The summed E-state index contributed by atoms with van der Waals surface area (Å²) in [5, 5.41) is 4.35. The van der Waals surface area contributed by atoms with Crippen LogP contribution in [0.15, 0.2) is 0 Å². The number of hydrogen-bond donors (Lipinski definition) is 2. The van der Waals surface area contributed by atoms with Crippen molar-refractivity contribution in [3.63, 3.8) is 0 Å². The van der Waals surface area contributed by atoms with Gasteiger partial charge < -0.3 is 20.7 Å². The van der Waals surface area contributed by atoms with E-state index in [1.807, 2.05) is 0 Å². The van der Waals surface area contributed by atoms with Crippen LogP contribution in [0.5, 0.6) is 0 Å². The fourth-order valence-corrected chi connectivity index (χ4v) is 4.24. The van der Waals surface area contributed by atoms with Gasteiger partial charge in [0, 0.05) is 52.4 Å². The van der Waals surface area contributed by atoms with Crippen LogP contribution in [0, 0.1) is 0 Å². The number of nitrogens with zero attached hydrogens (tertiary/aromatic N) is 4. The number of hydrazine groups is 2. The molecule has 0 bridgehead atoms. The Morgan fingerprint density at radius 3 is 1.32 bits per heavy atom. The second-order valence-corrected chi connectivity index (χ2v) is 9.03. The molecule has 126 valence electrons. The lowest BCUT2D eigenvalue weighted by molar-refractivity contribution is 0.132. The molecule has 2 heterocycles. The molecular weight excluding hydrogens is 356 g/mol. The predicted octanol–water partition coefficient (Wildman–Crippen LogP) is 0.442. The zero-order valence-corrected chi connectivity index (χ0v) is 16.3. The Morgan fingerprint density at radius 2 is 1.00 bits per heavy atom. The highest BCUT2D eigenvalue weighted by Gasteiger charge is 2.16. The molecule has 0 amide bonds. The van der Waals surface area contributed by atoms with Crippen LogP contribution in [0.1, 0.15) is 0 Å². The van der Waals surface area contributed by atoms with Gasteiger partial charge in [-0.05, 0) is 35.7 Å². The minimum absolute atomic E-state index is 0.761.